The van der Waals surface area contributed by atoms with Gasteiger partial charge in [-0.2, -0.15) is 0 Å². The fourth-order valence-corrected chi connectivity index (χ4v) is 3.19. The van der Waals surface area contributed by atoms with Crippen molar-refractivity contribution in [1.82, 2.24) is 4.90 Å². The maximum Gasteiger partial charge on any atom is 0.255 e. The molecule has 0 unspecified atom stereocenters. The summed E-state index contributed by atoms with van der Waals surface area (Å²) in [6.45, 7) is 7.58. The van der Waals surface area contributed by atoms with Crippen LogP contribution < -0.4 is 15.5 Å². The molecule has 142 valence electrons. The molecule has 1 heterocycles. The lowest BCUT2D eigenvalue weighted by molar-refractivity contribution is -0.114. The van der Waals surface area contributed by atoms with Crippen molar-refractivity contribution >= 4 is 28.9 Å². The summed E-state index contributed by atoms with van der Waals surface area (Å²) in [5.74, 6) is -0.361. The van der Waals surface area contributed by atoms with E-state index < -0.39 is 0 Å². The number of aryl methyl sites for hydroxylation is 1. The molecule has 2 N–H and O–H groups in total. The number of benzene rings is 2. The maximum absolute atomic E-state index is 12.6. The van der Waals surface area contributed by atoms with Crippen LogP contribution in [0.5, 0.6) is 0 Å². The molecular weight excluding hydrogens is 340 g/mol. The second-order valence-electron chi connectivity index (χ2n) is 7.01. The van der Waals surface area contributed by atoms with Gasteiger partial charge in [-0.1, -0.05) is 6.07 Å². The van der Waals surface area contributed by atoms with E-state index in [4.69, 9.17) is 0 Å². The summed E-state index contributed by atoms with van der Waals surface area (Å²) in [7, 11) is 2.14. The van der Waals surface area contributed by atoms with Crippen molar-refractivity contribution in [3.05, 3.63) is 53.6 Å². The van der Waals surface area contributed by atoms with E-state index in [0.29, 0.717) is 11.3 Å². The van der Waals surface area contributed by atoms with Crippen LogP contribution >= 0.6 is 0 Å². The predicted molar refractivity (Wildman–Crippen MR) is 110 cm³/mol. The fraction of sp³-hybridized carbons (Fsp3) is 0.333. The summed E-state index contributed by atoms with van der Waals surface area (Å²) in [6.07, 6.45) is 0. The molecule has 1 fully saturated rings. The molecular formula is C21H26N4O2. The van der Waals surface area contributed by atoms with Gasteiger partial charge in [0.15, 0.2) is 0 Å². The van der Waals surface area contributed by atoms with Crippen LogP contribution in [0.15, 0.2) is 42.5 Å². The van der Waals surface area contributed by atoms with Crippen molar-refractivity contribution in [2.45, 2.75) is 13.8 Å². The Balaban J connectivity index is 1.70. The molecule has 6 nitrogen and oxygen atoms in total. The van der Waals surface area contributed by atoms with Crippen LogP contribution in [-0.4, -0.2) is 49.9 Å². The highest BCUT2D eigenvalue weighted by Crippen LogP contribution is 2.24. The molecule has 2 amide bonds. The Morgan fingerprint density at radius 2 is 1.70 bits per heavy atom. The first-order valence-electron chi connectivity index (χ1n) is 9.15. The number of hydrogen-bond donors (Lipinski definition) is 2. The zero-order valence-corrected chi connectivity index (χ0v) is 16.1. The average Bonchev–Trinajstić information content (AvgIpc) is 2.63. The highest BCUT2D eigenvalue weighted by atomic mass is 16.2. The molecule has 0 atom stereocenters. The molecule has 0 saturated carbocycles. The minimum Gasteiger partial charge on any atom is -0.369 e. The number of nitrogens with zero attached hydrogens (tertiary/aromatic N) is 2. The first-order valence-corrected chi connectivity index (χ1v) is 9.15. The van der Waals surface area contributed by atoms with Gasteiger partial charge in [0.25, 0.3) is 5.91 Å². The molecule has 0 radical (unpaired) electrons. The summed E-state index contributed by atoms with van der Waals surface area (Å²) in [4.78, 5) is 28.5. The fourth-order valence-electron chi connectivity index (χ4n) is 3.19. The third-order valence-electron chi connectivity index (χ3n) is 4.77. The summed E-state index contributed by atoms with van der Waals surface area (Å²) >= 11 is 0. The molecule has 0 spiro atoms. The van der Waals surface area contributed by atoms with Crippen LogP contribution in [0.3, 0.4) is 0 Å². The van der Waals surface area contributed by atoms with Crippen LogP contribution in [0.25, 0.3) is 0 Å². The van der Waals surface area contributed by atoms with Gasteiger partial charge in [-0.25, -0.2) is 0 Å². The smallest absolute Gasteiger partial charge is 0.255 e. The maximum atomic E-state index is 12.6. The van der Waals surface area contributed by atoms with E-state index in [2.05, 4.69) is 39.6 Å². The largest absolute Gasteiger partial charge is 0.369 e. The van der Waals surface area contributed by atoms with Crippen molar-refractivity contribution < 1.29 is 9.59 Å². The third-order valence-corrected chi connectivity index (χ3v) is 4.77. The van der Waals surface area contributed by atoms with Gasteiger partial charge in [-0.15, -0.1) is 0 Å². The first kappa shape index (κ1) is 18.9. The number of likely N-dealkylation sites (N-methyl/N-ethyl adjacent to an activating group) is 1. The number of amides is 2. The molecule has 0 aliphatic carbocycles. The Morgan fingerprint density at radius 3 is 2.37 bits per heavy atom. The van der Waals surface area contributed by atoms with Crippen molar-refractivity contribution in [3.63, 3.8) is 0 Å². The normalized spacial score (nSPS) is 14.7. The first-order chi connectivity index (χ1) is 12.9. The molecule has 1 saturated heterocycles. The molecule has 2 aromatic rings. The second-order valence-corrected chi connectivity index (χ2v) is 7.01. The molecule has 1 aliphatic heterocycles. The van der Waals surface area contributed by atoms with Crippen LogP contribution in [0.4, 0.5) is 17.1 Å². The predicted octanol–water partition coefficient (Wildman–Crippen LogP) is 2.96. The number of carbonyl (C=O) groups is 2. The van der Waals surface area contributed by atoms with Gasteiger partial charge in [0.2, 0.25) is 5.91 Å². The lowest BCUT2D eigenvalue weighted by Gasteiger charge is -2.34. The highest BCUT2D eigenvalue weighted by molar-refractivity contribution is 6.05. The Morgan fingerprint density at radius 1 is 0.963 bits per heavy atom. The van der Waals surface area contributed by atoms with Gasteiger partial charge in [0, 0.05) is 55.7 Å². The summed E-state index contributed by atoms with van der Waals surface area (Å²) in [5, 5.41) is 5.66. The zero-order chi connectivity index (χ0) is 19.4. The molecule has 0 aromatic heterocycles. The number of carbonyl (C=O) groups excluding carboxylic acids is 2. The van der Waals surface area contributed by atoms with E-state index in [-0.39, 0.29) is 11.8 Å². The number of nitrogens with one attached hydrogen (secondary N) is 2. The van der Waals surface area contributed by atoms with E-state index >= 15 is 0 Å². The quantitative estimate of drug-likeness (QED) is 0.873. The van der Waals surface area contributed by atoms with Crippen LogP contribution in [0.2, 0.25) is 0 Å². The van der Waals surface area contributed by atoms with Gasteiger partial charge in [0.1, 0.15) is 0 Å². The van der Waals surface area contributed by atoms with Crippen molar-refractivity contribution in [2.24, 2.45) is 0 Å². The van der Waals surface area contributed by atoms with Gasteiger partial charge in [-0.05, 0) is 55.9 Å². The Hall–Kier alpha value is -2.86. The minimum atomic E-state index is -0.197. The lowest BCUT2D eigenvalue weighted by Crippen LogP contribution is -2.44. The monoisotopic (exact) mass is 366 g/mol. The lowest BCUT2D eigenvalue weighted by atomic mass is 10.1. The van der Waals surface area contributed by atoms with Crippen molar-refractivity contribution in [2.75, 3.05) is 48.8 Å². The number of hydrogen-bond acceptors (Lipinski definition) is 4. The zero-order valence-electron chi connectivity index (χ0n) is 16.1. The molecule has 2 aromatic carbocycles. The summed E-state index contributed by atoms with van der Waals surface area (Å²) in [5.41, 5.74) is 4.12. The summed E-state index contributed by atoms with van der Waals surface area (Å²) in [6, 6.07) is 13.0. The second kappa shape index (κ2) is 8.22. The summed E-state index contributed by atoms with van der Waals surface area (Å²) < 4.78 is 0. The SMILES string of the molecule is CC(=O)Nc1cccc(C(=O)Nc2ccc(N3CCN(C)CC3)cc2C)c1. The molecule has 6 heteroatoms. The third kappa shape index (κ3) is 4.86. The minimum absolute atomic E-state index is 0.164. The van der Waals surface area contributed by atoms with Crippen molar-refractivity contribution in [1.29, 1.82) is 0 Å². The van der Waals surface area contributed by atoms with Gasteiger partial charge in [0.05, 0.1) is 0 Å². The number of piperazine rings is 1. The van der Waals surface area contributed by atoms with Gasteiger partial charge < -0.3 is 20.4 Å². The standard InChI is InChI=1S/C21H26N4O2/c1-15-13-19(25-11-9-24(3)10-12-25)7-8-20(15)23-21(27)17-5-4-6-18(14-17)22-16(2)26/h4-8,13-14H,9-12H2,1-3H3,(H,22,26)(H,23,27). The number of anilines is 3. The highest BCUT2D eigenvalue weighted by Gasteiger charge is 2.15. The molecule has 0 bridgehead atoms. The van der Waals surface area contributed by atoms with Crippen LogP contribution in [0, 0.1) is 6.92 Å². The van der Waals surface area contributed by atoms with E-state index in [1.54, 1.807) is 24.3 Å². The molecule has 1 aliphatic rings. The van der Waals surface area contributed by atoms with Crippen LogP contribution in [0.1, 0.15) is 22.8 Å². The number of rotatable bonds is 4. The van der Waals surface area contributed by atoms with Crippen molar-refractivity contribution in [3.8, 4) is 0 Å². The van der Waals surface area contributed by atoms with E-state index in [1.807, 2.05) is 13.0 Å². The molecule has 3 rings (SSSR count). The van der Waals surface area contributed by atoms with E-state index in [0.717, 1.165) is 37.4 Å². The Kier molecular flexibility index (Phi) is 5.76. The van der Waals surface area contributed by atoms with E-state index in [1.165, 1.54) is 12.6 Å². The molecule has 27 heavy (non-hydrogen) atoms. The van der Waals surface area contributed by atoms with Crippen LogP contribution in [-0.2, 0) is 4.79 Å². The topological polar surface area (TPSA) is 64.7 Å². The Bertz CT molecular complexity index is 842. The van der Waals surface area contributed by atoms with Gasteiger partial charge in [-0.3, -0.25) is 9.59 Å². The van der Waals surface area contributed by atoms with Gasteiger partial charge >= 0.3 is 0 Å². The average molecular weight is 366 g/mol. The Labute approximate surface area is 160 Å². The van der Waals surface area contributed by atoms with E-state index in [9.17, 15) is 9.59 Å².